The van der Waals surface area contributed by atoms with Gasteiger partial charge in [-0.3, -0.25) is 0 Å². The third-order valence-corrected chi connectivity index (χ3v) is 3.23. The fraction of sp³-hybridized carbons (Fsp3) is 0.545. The van der Waals surface area contributed by atoms with Crippen molar-refractivity contribution in [3.8, 4) is 11.5 Å². The van der Waals surface area contributed by atoms with Crippen LogP contribution in [0.1, 0.15) is 0 Å². The van der Waals surface area contributed by atoms with E-state index in [9.17, 15) is 0 Å². The predicted octanol–water partition coefficient (Wildman–Crippen LogP) is 5.90. The Morgan fingerprint density at radius 1 is 0.947 bits per heavy atom. The van der Waals surface area contributed by atoms with Crippen LogP contribution in [0.4, 0.5) is 0 Å². The standard InChI is InChI=1S/C11H21O2Si2.3ClH.Ti/c1-14(2,3)12-10-8-7-9-11(10)13-15(4,5)6;;;;/h7-9H,1-6H3;3*1H;/q-1;;;;+4/p-3. The van der Waals surface area contributed by atoms with E-state index in [0.29, 0.717) is 0 Å². The van der Waals surface area contributed by atoms with Crippen molar-refractivity contribution in [2.75, 3.05) is 0 Å². The Bertz CT molecular complexity index is 339. The van der Waals surface area contributed by atoms with Crippen molar-refractivity contribution in [3.63, 3.8) is 0 Å². The van der Waals surface area contributed by atoms with Gasteiger partial charge in [0.25, 0.3) is 0 Å². The second-order valence-electron chi connectivity index (χ2n) is 5.90. The Labute approximate surface area is 136 Å². The van der Waals surface area contributed by atoms with Crippen LogP contribution in [0.3, 0.4) is 0 Å². The third kappa shape index (κ3) is 12.4. The topological polar surface area (TPSA) is 18.5 Å². The van der Waals surface area contributed by atoms with Gasteiger partial charge in [0.1, 0.15) is 0 Å². The van der Waals surface area contributed by atoms with Crippen molar-refractivity contribution < 1.29 is 23.5 Å². The number of hydrogen-bond acceptors (Lipinski definition) is 2. The van der Waals surface area contributed by atoms with Gasteiger partial charge in [-0.1, -0.05) is 0 Å². The molecule has 0 atom stereocenters. The van der Waals surface area contributed by atoms with E-state index in [0.717, 1.165) is 11.5 Å². The summed E-state index contributed by atoms with van der Waals surface area (Å²) in [5.74, 6) is 1.83. The molecule has 0 aliphatic rings. The van der Waals surface area contributed by atoms with E-state index in [4.69, 9.17) is 36.8 Å². The molecular weight excluding hydrogens is 375 g/mol. The Morgan fingerprint density at radius 3 is 1.74 bits per heavy atom. The number of rotatable bonds is 4. The van der Waals surface area contributed by atoms with Crippen LogP contribution in [-0.2, 0) is 14.7 Å². The van der Waals surface area contributed by atoms with Gasteiger partial charge >= 0.3 is 42.6 Å². The molecule has 0 saturated heterocycles. The van der Waals surface area contributed by atoms with Crippen LogP contribution < -0.4 is 8.85 Å². The van der Waals surface area contributed by atoms with Gasteiger partial charge < -0.3 is 8.85 Å². The molecule has 0 bridgehead atoms. The SMILES string of the molecule is C[Si](C)(C)Oc1cc[cH-]c1O[Si](C)(C)C.[Cl][Ti+]([Cl])[Cl]. The van der Waals surface area contributed by atoms with Crippen LogP contribution in [0.25, 0.3) is 0 Å². The molecule has 0 unspecified atom stereocenters. The fourth-order valence-corrected chi connectivity index (χ4v) is 2.87. The summed E-state index contributed by atoms with van der Waals surface area (Å²) >= 11 is -1.92. The van der Waals surface area contributed by atoms with Crippen molar-refractivity contribution in [2.45, 2.75) is 39.3 Å². The molecule has 0 aromatic heterocycles. The van der Waals surface area contributed by atoms with Crippen LogP contribution in [0.15, 0.2) is 18.2 Å². The molecule has 0 N–H and O–H groups in total. The monoisotopic (exact) mass is 394 g/mol. The average molecular weight is 396 g/mol. The Morgan fingerprint density at radius 2 is 1.37 bits per heavy atom. The van der Waals surface area contributed by atoms with Gasteiger partial charge in [-0.15, -0.1) is 6.07 Å². The molecule has 2 nitrogen and oxygen atoms in total. The molecule has 0 aliphatic carbocycles. The summed E-state index contributed by atoms with van der Waals surface area (Å²) in [5, 5.41) is 0. The zero-order valence-corrected chi connectivity index (χ0v) is 18.0. The van der Waals surface area contributed by atoms with Crippen molar-refractivity contribution in [3.05, 3.63) is 18.2 Å². The molecular formula is C11H21Cl3O2Si2Ti. The van der Waals surface area contributed by atoms with E-state index in [2.05, 4.69) is 39.3 Å². The normalized spacial score (nSPS) is 11.4. The Hall–Kier alpha value is 0.968. The second-order valence-corrected chi connectivity index (χ2v) is 22.5. The minimum absolute atomic E-state index is 0.914. The van der Waals surface area contributed by atoms with Gasteiger partial charge in [0.05, 0.1) is 0 Å². The first kappa shape index (κ1) is 20.0. The fourth-order valence-electron chi connectivity index (χ4n) is 1.22. The van der Waals surface area contributed by atoms with Crippen LogP contribution >= 0.6 is 27.9 Å². The first-order chi connectivity index (χ1) is 8.41. The van der Waals surface area contributed by atoms with E-state index >= 15 is 0 Å². The molecule has 19 heavy (non-hydrogen) atoms. The van der Waals surface area contributed by atoms with Gasteiger partial charge in [-0.25, -0.2) is 0 Å². The molecule has 1 rings (SSSR count). The first-order valence-electron chi connectivity index (χ1n) is 5.88. The summed E-state index contributed by atoms with van der Waals surface area (Å²) < 4.78 is 11.9. The molecule has 1 aromatic carbocycles. The van der Waals surface area contributed by atoms with Gasteiger partial charge in [0, 0.05) is 5.75 Å². The number of hydrogen-bond donors (Lipinski definition) is 0. The van der Waals surface area contributed by atoms with E-state index in [1.165, 1.54) is 0 Å². The molecule has 0 aliphatic heterocycles. The molecule has 0 spiro atoms. The average Bonchev–Trinajstić information content (AvgIpc) is 2.45. The van der Waals surface area contributed by atoms with Crippen molar-refractivity contribution >= 4 is 44.5 Å². The Balaban J connectivity index is 0.000000711. The summed E-state index contributed by atoms with van der Waals surface area (Å²) in [4.78, 5) is 0. The van der Waals surface area contributed by atoms with Gasteiger partial charge in [-0.2, -0.15) is 12.1 Å². The van der Waals surface area contributed by atoms with Gasteiger partial charge in [-0.05, 0) is 45.0 Å². The van der Waals surface area contributed by atoms with Gasteiger partial charge in [0.15, 0.2) is 0 Å². The third-order valence-electron chi connectivity index (χ3n) is 1.57. The second kappa shape index (κ2) is 8.42. The zero-order chi connectivity index (χ0) is 15.3. The summed E-state index contributed by atoms with van der Waals surface area (Å²) in [6.07, 6.45) is 0. The van der Waals surface area contributed by atoms with E-state index < -0.39 is 31.3 Å². The summed E-state index contributed by atoms with van der Waals surface area (Å²) in [7, 11) is 11.9. The maximum atomic E-state index is 5.95. The molecule has 0 saturated carbocycles. The molecule has 110 valence electrons. The zero-order valence-electron chi connectivity index (χ0n) is 12.2. The predicted molar refractivity (Wildman–Crippen MR) is 87.5 cm³/mol. The first-order valence-corrected chi connectivity index (χ1v) is 19.1. The van der Waals surface area contributed by atoms with Crippen molar-refractivity contribution in [1.82, 2.24) is 0 Å². The van der Waals surface area contributed by atoms with Crippen LogP contribution in [0.2, 0.25) is 39.3 Å². The molecule has 0 fully saturated rings. The molecule has 0 amide bonds. The van der Waals surface area contributed by atoms with Crippen LogP contribution in [-0.4, -0.2) is 16.6 Å². The van der Waals surface area contributed by atoms with Crippen LogP contribution in [0.5, 0.6) is 11.5 Å². The quantitative estimate of drug-likeness (QED) is 0.467. The van der Waals surface area contributed by atoms with Crippen molar-refractivity contribution in [2.24, 2.45) is 0 Å². The minimum atomic E-state index is -1.92. The van der Waals surface area contributed by atoms with Gasteiger partial charge in [0.2, 0.25) is 16.6 Å². The Kier molecular flexibility index (Phi) is 8.85. The molecule has 1 aromatic rings. The van der Waals surface area contributed by atoms with Crippen molar-refractivity contribution in [1.29, 1.82) is 0 Å². The molecule has 8 heteroatoms. The summed E-state index contributed by atoms with van der Waals surface area (Å²) in [6.45, 7) is 13.1. The van der Waals surface area contributed by atoms with Crippen LogP contribution in [0, 0.1) is 0 Å². The summed E-state index contributed by atoms with van der Waals surface area (Å²) in [5.41, 5.74) is 0. The molecule has 0 heterocycles. The van der Waals surface area contributed by atoms with E-state index in [1.54, 1.807) is 0 Å². The summed E-state index contributed by atoms with van der Waals surface area (Å²) in [6, 6.07) is 5.98. The maximum absolute atomic E-state index is 5.95. The molecule has 0 radical (unpaired) electrons. The number of halogens is 3. The van der Waals surface area contributed by atoms with E-state index in [-0.39, 0.29) is 0 Å². The van der Waals surface area contributed by atoms with E-state index in [1.807, 2.05) is 18.2 Å².